The Balaban J connectivity index is 2.61. The molecule has 0 saturated heterocycles. The maximum atomic E-state index is 13.6. The van der Waals surface area contributed by atoms with E-state index in [2.05, 4.69) is 5.32 Å². The first-order chi connectivity index (χ1) is 8.05. The van der Waals surface area contributed by atoms with Crippen LogP contribution in [0, 0.1) is 5.41 Å². The molecule has 104 valence electrons. The van der Waals surface area contributed by atoms with Crippen LogP contribution in [0.25, 0.3) is 0 Å². The van der Waals surface area contributed by atoms with Gasteiger partial charge < -0.3 is 16.2 Å². The molecule has 0 radical (unpaired) electrons. The first kappa shape index (κ1) is 14.9. The molecule has 1 amide bonds. The summed E-state index contributed by atoms with van der Waals surface area (Å²) in [6.45, 7) is 5.35. The van der Waals surface area contributed by atoms with Crippen molar-refractivity contribution in [3.05, 3.63) is 0 Å². The van der Waals surface area contributed by atoms with E-state index in [0.717, 1.165) is 0 Å². The van der Waals surface area contributed by atoms with Gasteiger partial charge in [-0.15, -0.1) is 0 Å². The Bertz CT molecular complexity index is 348. The molecule has 0 aromatic heterocycles. The molecule has 1 aliphatic carbocycles. The number of amides is 1. The van der Waals surface area contributed by atoms with Crippen molar-refractivity contribution in [1.29, 1.82) is 0 Å². The second kappa shape index (κ2) is 4.84. The second-order valence-corrected chi connectivity index (χ2v) is 6.10. The highest BCUT2D eigenvalue weighted by Gasteiger charge is 2.47. The van der Waals surface area contributed by atoms with E-state index in [-0.39, 0.29) is 6.42 Å². The van der Waals surface area contributed by atoms with Crippen LogP contribution in [0.1, 0.15) is 40.0 Å². The number of halogens is 1. The third-order valence-electron chi connectivity index (χ3n) is 3.19. The fraction of sp³-hybridized carbons (Fsp3) is 0.833. The van der Waals surface area contributed by atoms with Crippen molar-refractivity contribution in [1.82, 2.24) is 5.32 Å². The summed E-state index contributed by atoms with van der Waals surface area (Å²) in [6, 6.07) is -2.03. The maximum absolute atomic E-state index is 13.6. The number of hydrogen-bond acceptors (Lipinski definition) is 3. The number of nitrogens with one attached hydrogen (secondary N) is 1. The van der Waals surface area contributed by atoms with Gasteiger partial charge in [-0.2, -0.15) is 0 Å². The normalized spacial score (nSPS) is 20.9. The molecule has 1 saturated carbocycles. The first-order valence-electron chi connectivity index (χ1n) is 6.03. The summed E-state index contributed by atoms with van der Waals surface area (Å²) < 4.78 is 13.6. The van der Waals surface area contributed by atoms with E-state index in [1.54, 1.807) is 20.8 Å². The van der Waals surface area contributed by atoms with Crippen LogP contribution in [-0.2, 0) is 9.59 Å². The highest BCUT2D eigenvalue weighted by Crippen LogP contribution is 2.43. The molecule has 1 aliphatic rings. The Morgan fingerprint density at radius 3 is 2.28 bits per heavy atom. The third kappa shape index (κ3) is 3.94. The van der Waals surface area contributed by atoms with Gasteiger partial charge in [0.15, 0.2) is 0 Å². The Hall–Kier alpha value is -1.17. The monoisotopic (exact) mass is 260 g/mol. The van der Waals surface area contributed by atoms with Crippen molar-refractivity contribution in [2.24, 2.45) is 11.1 Å². The van der Waals surface area contributed by atoms with Crippen LogP contribution in [0.3, 0.4) is 0 Å². The third-order valence-corrected chi connectivity index (χ3v) is 3.19. The zero-order valence-corrected chi connectivity index (χ0v) is 11.0. The van der Waals surface area contributed by atoms with Crippen LogP contribution < -0.4 is 11.1 Å². The average molecular weight is 260 g/mol. The molecule has 0 aromatic rings. The summed E-state index contributed by atoms with van der Waals surface area (Å²) >= 11 is 0. The number of hydrogen-bond donors (Lipinski definition) is 3. The largest absolute Gasteiger partial charge is 0.480 e. The zero-order chi connectivity index (χ0) is 14.1. The molecule has 18 heavy (non-hydrogen) atoms. The molecule has 2 atom stereocenters. The molecular weight excluding hydrogens is 239 g/mol. The minimum atomic E-state index is -1.43. The highest BCUT2D eigenvalue weighted by molar-refractivity contribution is 5.87. The summed E-state index contributed by atoms with van der Waals surface area (Å²) in [5.41, 5.74) is 3.82. The van der Waals surface area contributed by atoms with Crippen molar-refractivity contribution in [3.63, 3.8) is 0 Å². The van der Waals surface area contributed by atoms with Crippen LogP contribution in [0.5, 0.6) is 0 Å². The van der Waals surface area contributed by atoms with Gasteiger partial charge in [-0.1, -0.05) is 20.8 Å². The Labute approximate surface area is 106 Å². The van der Waals surface area contributed by atoms with Gasteiger partial charge in [-0.3, -0.25) is 4.79 Å². The molecule has 0 spiro atoms. The van der Waals surface area contributed by atoms with Crippen molar-refractivity contribution in [2.45, 2.75) is 57.8 Å². The number of carbonyl (C=O) groups excluding carboxylic acids is 1. The maximum Gasteiger partial charge on any atom is 0.326 e. The molecule has 1 rings (SSSR count). The van der Waals surface area contributed by atoms with Crippen molar-refractivity contribution in [3.8, 4) is 0 Å². The van der Waals surface area contributed by atoms with Crippen molar-refractivity contribution in [2.75, 3.05) is 0 Å². The van der Waals surface area contributed by atoms with Gasteiger partial charge in [-0.05, 0) is 18.3 Å². The number of carboxylic acids is 1. The molecule has 0 aliphatic heterocycles. The molecule has 0 aromatic carbocycles. The molecular formula is C12H21FN2O3. The summed E-state index contributed by atoms with van der Waals surface area (Å²) in [5, 5.41) is 11.3. The number of rotatable bonds is 5. The SMILES string of the molecule is CC(C)(C)[C@H](N)C(=O)N[C@@H](CC1(F)CC1)C(=O)O. The molecule has 5 nitrogen and oxygen atoms in total. The van der Waals surface area contributed by atoms with Gasteiger partial charge in [0.1, 0.15) is 11.7 Å². The van der Waals surface area contributed by atoms with Gasteiger partial charge in [-0.25, -0.2) is 9.18 Å². The van der Waals surface area contributed by atoms with Gasteiger partial charge in [0.2, 0.25) is 5.91 Å². The second-order valence-electron chi connectivity index (χ2n) is 6.10. The van der Waals surface area contributed by atoms with Crippen LogP contribution >= 0.6 is 0 Å². The van der Waals surface area contributed by atoms with Crippen LogP contribution in [0.15, 0.2) is 0 Å². The Morgan fingerprint density at radius 1 is 1.44 bits per heavy atom. The van der Waals surface area contributed by atoms with Gasteiger partial charge in [0, 0.05) is 6.42 Å². The minimum Gasteiger partial charge on any atom is -0.480 e. The van der Waals surface area contributed by atoms with E-state index in [0.29, 0.717) is 12.8 Å². The van der Waals surface area contributed by atoms with E-state index < -0.39 is 35.0 Å². The smallest absolute Gasteiger partial charge is 0.326 e. The fourth-order valence-electron chi connectivity index (χ4n) is 1.56. The van der Waals surface area contributed by atoms with Crippen LogP contribution in [-0.4, -0.2) is 34.7 Å². The molecule has 6 heteroatoms. The summed E-state index contributed by atoms with van der Waals surface area (Å²) in [7, 11) is 0. The lowest BCUT2D eigenvalue weighted by molar-refractivity contribution is -0.143. The van der Waals surface area contributed by atoms with Crippen molar-refractivity contribution < 1.29 is 19.1 Å². The number of nitrogens with two attached hydrogens (primary N) is 1. The number of carboxylic acid groups (broad SMARTS) is 1. The zero-order valence-electron chi connectivity index (χ0n) is 11.0. The molecule has 1 fully saturated rings. The number of carbonyl (C=O) groups is 2. The quantitative estimate of drug-likeness (QED) is 0.682. The van der Waals surface area contributed by atoms with E-state index in [1.807, 2.05) is 0 Å². The van der Waals surface area contributed by atoms with E-state index in [1.165, 1.54) is 0 Å². The lowest BCUT2D eigenvalue weighted by Crippen LogP contribution is -2.53. The fourth-order valence-corrected chi connectivity index (χ4v) is 1.56. The van der Waals surface area contributed by atoms with Gasteiger partial charge >= 0.3 is 5.97 Å². The topological polar surface area (TPSA) is 92.4 Å². The Morgan fingerprint density at radius 2 is 1.94 bits per heavy atom. The van der Waals surface area contributed by atoms with Crippen molar-refractivity contribution >= 4 is 11.9 Å². The molecule has 4 N–H and O–H groups in total. The van der Waals surface area contributed by atoms with E-state index in [4.69, 9.17) is 10.8 Å². The Kier molecular flexibility index (Phi) is 4.00. The number of aliphatic carboxylic acids is 1. The summed E-state index contributed by atoms with van der Waals surface area (Å²) in [5.74, 6) is -1.78. The van der Waals surface area contributed by atoms with Crippen LogP contribution in [0.4, 0.5) is 4.39 Å². The van der Waals surface area contributed by atoms with E-state index in [9.17, 15) is 14.0 Å². The summed E-state index contributed by atoms with van der Waals surface area (Å²) in [6.07, 6.45) is 0.529. The van der Waals surface area contributed by atoms with E-state index >= 15 is 0 Å². The number of alkyl halides is 1. The lowest BCUT2D eigenvalue weighted by atomic mass is 9.86. The van der Waals surface area contributed by atoms with Crippen LogP contribution in [0.2, 0.25) is 0 Å². The first-order valence-corrected chi connectivity index (χ1v) is 6.03. The molecule has 0 heterocycles. The van der Waals surface area contributed by atoms with Gasteiger partial charge in [0.05, 0.1) is 6.04 Å². The minimum absolute atomic E-state index is 0.190. The molecule has 0 bridgehead atoms. The standard InChI is InChI=1S/C12H21FN2O3/c1-11(2,3)8(14)9(16)15-7(10(17)18)6-12(13)4-5-12/h7-8H,4-6,14H2,1-3H3,(H,15,16)(H,17,18)/t7-,8+/m0/s1. The van der Waals surface area contributed by atoms with Gasteiger partial charge in [0.25, 0.3) is 0 Å². The predicted octanol–water partition coefficient (Wildman–Crippen LogP) is 0.821. The highest BCUT2D eigenvalue weighted by atomic mass is 19.1. The average Bonchev–Trinajstić information content (AvgIpc) is 2.92. The molecule has 0 unspecified atom stereocenters. The predicted molar refractivity (Wildman–Crippen MR) is 64.7 cm³/mol. The summed E-state index contributed by atoms with van der Waals surface area (Å²) in [4.78, 5) is 22.8. The lowest BCUT2D eigenvalue weighted by Gasteiger charge is -2.27.